The molecule has 0 radical (unpaired) electrons. The summed E-state index contributed by atoms with van der Waals surface area (Å²) < 4.78 is 1.86. The number of aliphatic hydroxyl groups is 1. The SMILES string of the molecule is CN(Cc1ccccc1)C[C@H](O)CN1CCC[C@H]1c1cnn(C)c1. The molecule has 5 nitrogen and oxygen atoms in total. The Morgan fingerprint density at radius 1 is 1.33 bits per heavy atom. The predicted molar refractivity (Wildman–Crippen MR) is 95.5 cm³/mol. The average molecular weight is 328 g/mol. The van der Waals surface area contributed by atoms with Gasteiger partial charge in [0.25, 0.3) is 0 Å². The number of β-amino-alcohol motifs (C(OH)–C–C–N with tert-alkyl or cyclic N) is 1. The van der Waals surface area contributed by atoms with E-state index in [4.69, 9.17) is 0 Å². The minimum Gasteiger partial charge on any atom is -0.390 e. The molecule has 1 saturated heterocycles. The fraction of sp³-hybridized carbons (Fsp3) is 0.526. The summed E-state index contributed by atoms with van der Waals surface area (Å²) in [4.78, 5) is 4.59. The van der Waals surface area contributed by atoms with Crippen LogP contribution in [-0.4, -0.2) is 57.5 Å². The molecule has 5 heteroatoms. The zero-order valence-electron chi connectivity index (χ0n) is 14.7. The van der Waals surface area contributed by atoms with Crippen LogP contribution >= 0.6 is 0 Å². The topological polar surface area (TPSA) is 44.5 Å². The molecule has 1 fully saturated rings. The first-order valence-corrected chi connectivity index (χ1v) is 8.75. The van der Waals surface area contributed by atoms with Gasteiger partial charge >= 0.3 is 0 Å². The zero-order chi connectivity index (χ0) is 16.9. The molecule has 0 bridgehead atoms. The van der Waals surface area contributed by atoms with E-state index >= 15 is 0 Å². The van der Waals surface area contributed by atoms with Crippen molar-refractivity contribution in [3.8, 4) is 0 Å². The monoisotopic (exact) mass is 328 g/mol. The molecule has 0 aliphatic carbocycles. The molecule has 0 spiro atoms. The average Bonchev–Trinajstić information content (AvgIpc) is 3.16. The molecule has 0 amide bonds. The van der Waals surface area contributed by atoms with Crippen molar-refractivity contribution >= 4 is 0 Å². The number of likely N-dealkylation sites (tertiary alicyclic amines) is 1. The molecule has 24 heavy (non-hydrogen) atoms. The number of aryl methyl sites for hydroxylation is 1. The maximum atomic E-state index is 10.5. The third kappa shape index (κ3) is 4.44. The summed E-state index contributed by atoms with van der Waals surface area (Å²) in [6.07, 6.45) is 6.05. The minimum absolute atomic E-state index is 0.337. The quantitative estimate of drug-likeness (QED) is 0.845. The Hall–Kier alpha value is -1.69. The normalized spacial score (nSPS) is 19.9. The summed E-state index contributed by atoms with van der Waals surface area (Å²) in [5, 5.41) is 14.8. The van der Waals surface area contributed by atoms with Gasteiger partial charge in [0.05, 0.1) is 12.3 Å². The van der Waals surface area contributed by atoms with Gasteiger partial charge in [-0.15, -0.1) is 0 Å². The van der Waals surface area contributed by atoms with Gasteiger partial charge in [0.2, 0.25) is 0 Å². The molecule has 1 N–H and O–H groups in total. The first-order chi connectivity index (χ1) is 11.6. The Kier molecular flexibility index (Phi) is 5.66. The molecule has 1 aromatic heterocycles. The number of aliphatic hydroxyl groups excluding tert-OH is 1. The van der Waals surface area contributed by atoms with Crippen LogP contribution in [0.25, 0.3) is 0 Å². The number of aromatic nitrogens is 2. The second-order valence-electron chi connectivity index (χ2n) is 6.94. The molecular weight excluding hydrogens is 300 g/mol. The summed E-state index contributed by atoms with van der Waals surface area (Å²) in [5.74, 6) is 0. The largest absolute Gasteiger partial charge is 0.390 e. The van der Waals surface area contributed by atoms with Crippen LogP contribution in [0.4, 0.5) is 0 Å². The first-order valence-electron chi connectivity index (χ1n) is 8.75. The highest BCUT2D eigenvalue weighted by Crippen LogP contribution is 2.31. The predicted octanol–water partition coefficient (Wildman–Crippen LogP) is 2.05. The highest BCUT2D eigenvalue weighted by Gasteiger charge is 2.28. The lowest BCUT2D eigenvalue weighted by molar-refractivity contribution is 0.0750. The van der Waals surface area contributed by atoms with Crippen molar-refractivity contribution in [2.75, 3.05) is 26.7 Å². The maximum absolute atomic E-state index is 10.5. The van der Waals surface area contributed by atoms with E-state index in [1.165, 1.54) is 17.5 Å². The maximum Gasteiger partial charge on any atom is 0.0794 e. The summed E-state index contributed by atoms with van der Waals surface area (Å²) in [6.45, 7) is 3.33. The second kappa shape index (κ2) is 7.92. The Balaban J connectivity index is 1.51. The van der Waals surface area contributed by atoms with E-state index in [1.807, 2.05) is 24.0 Å². The fourth-order valence-electron chi connectivity index (χ4n) is 3.68. The van der Waals surface area contributed by atoms with Crippen LogP contribution in [-0.2, 0) is 13.6 Å². The summed E-state index contributed by atoms with van der Waals surface area (Å²) in [6, 6.07) is 10.8. The molecule has 2 atom stereocenters. The van der Waals surface area contributed by atoms with Crippen molar-refractivity contribution in [2.24, 2.45) is 7.05 Å². The van der Waals surface area contributed by atoms with Gasteiger partial charge in [-0.05, 0) is 32.0 Å². The smallest absolute Gasteiger partial charge is 0.0794 e. The van der Waals surface area contributed by atoms with Crippen molar-refractivity contribution < 1.29 is 5.11 Å². The van der Waals surface area contributed by atoms with Crippen LogP contribution in [0.3, 0.4) is 0 Å². The second-order valence-corrected chi connectivity index (χ2v) is 6.94. The Morgan fingerprint density at radius 2 is 2.12 bits per heavy atom. The Labute approximate surface area is 144 Å². The van der Waals surface area contributed by atoms with Crippen molar-refractivity contribution in [3.05, 3.63) is 53.9 Å². The van der Waals surface area contributed by atoms with Gasteiger partial charge < -0.3 is 5.11 Å². The van der Waals surface area contributed by atoms with Crippen LogP contribution < -0.4 is 0 Å². The van der Waals surface area contributed by atoms with E-state index in [2.05, 4.69) is 52.4 Å². The molecule has 1 aliphatic heterocycles. The van der Waals surface area contributed by atoms with Gasteiger partial charge in [0.1, 0.15) is 0 Å². The fourth-order valence-corrected chi connectivity index (χ4v) is 3.68. The lowest BCUT2D eigenvalue weighted by Crippen LogP contribution is -2.38. The lowest BCUT2D eigenvalue weighted by atomic mass is 10.1. The Bertz CT molecular complexity index is 627. The number of benzene rings is 1. The van der Waals surface area contributed by atoms with Gasteiger partial charge in [0.15, 0.2) is 0 Å². The lowest BCUT2D eigenvalue weighted by Gasteiger charge is -2.28. The van der Waals surface area contributed by atoms with Gasteiger partial charge in [0, 0.05) is 44.5 Å². The van der Waals surface area contributed by atoms with Gasteiger partial charge in [-0.2, -0.15) is 5.10 Å². The van der Waals surface area contributed by atoms with Crippen molar-refractivity contribution in [3.63, 3.8) is 0 Å². The molecule has 1 aromatic carbocycles. The van der Waals surface area contributed by atoms with Gasteiger partial charge in [-0.3, -0.25) is 14.5 Å². The van der Waals surface area contributed by atoms with E-state index in [1.54, 1.807) is 0 Å². The van der Waals surface area contributed by atoms with Gasteiger partial charge in [-0.1, -0.05) is 30.3 Å². The van der Waals surface area contributed by atoms with Crippen LogP contribution in [0.1, 0.15) is 30.0 Å². The molecule has 130 valence electrons. The van der Waals surface area contributed by atoms with Crippen LogP contribution in [0.15, 0.2) is 42.7 Å². The standard InChI is InChI=1S/C19H28N4O/c1-21(12-16-7-4-3-5-8-16)14-18(24)15-23-10-6-9-19(23)17-11-20-22(2)13-17/h3-5,7-8,11,13,18-19,24H,6,9-10,12,14-15H2,1-2H3/t18-,19-/m0/s1. The van der Waals surface area contributed by atoms with E-state index in [9.17, 15) is 5.11 Å². The van der Waals surface area contributed by atoms with E-state index in [0.29, 0.717) is 12.6 Å². The summed E-state index contributed by atoms with van der Waals surface area (Å²) in [7, 11) is 4.02. The molecule has 3 rings (SSSR count). The van der Waals surface area contributed by atoms with Crippen LogP contribution in [0, 0.1) is 0 Å². The Morgan fingerprint density at radius 3 is 2.83 bits per heavy atom. The molecule has 0 saturated carbocycles. The third-order valence-electron chi connectivity index (χ3n) is 4.74. The third-order valence-corrected chi connectivity index (χ3v) is 4.74. The summed E-state index contributed by atoms with van der Waals surface area (Å²) >= 11 is 0. The number of rotatable bonds is 7. The molecule has 2 aromatic rings. The summed E-state index contributed by atoms with van der Waals surface area (Å²) in [5.41, 5.74) is 2.54. The van der Waals surface area contributed by atoms with Crippen LogP contribution in [0.5, 0.6) is 0 Å². The van der Waals surface area contributed by atoms with E-state index in [0.717, 1.165) is 26.1 Å². The highest BCUT2D eigenvalue weighted by atomic mass is 16.3. The molecule has 0 unspecified atom stereocenters. The number of hydrogen-bond acceptors (Lipinski definition) is 4. The van der Waals surface area contributed by atoms with E-state index < -0.39 is 0 Å². The zero-order valence-corrected chi connectivity index (χ0v) is 14.7. The highest BCUT2D eigenvalue weighted by molar-refractivity contribution is 5.14. The molecule has 1 aliphatic rings. The van der Waals surface area contributed by atoms with Crippen molar-refractivity contribution in [2.45, 2.75) is 31.5 Å². The first kappa shape index (κ1) is 17.1. The van der Waals surface area contributed by atoms with Gasteiger partial charge in [-0.25, -0.2) is 0 Å². The number of nitrogens with zero attached hydrogens (tertiary/aromatic N) is 4. The minimum atomic E-state index is -0.337. The van der Waals surface area contributed by atoms with Crippen molar-refractivity contribution in [1.29, 1.82) is 0 Å². The number of likely N-dealkylation sites (N-methyl/N-ethyl adjacent to an activating group) is 1. The number of hydrogen-bond donors (Lipinski definition) is 1. The van der Waals surface area contributed by atoms with E-state index in [-0.39, 0.29) is 6.10 Å². The molecule has 2 heterocycles. The van der Waals surface area contributed by atoms with Crippen molar-refractivity contribution in [1.82, 2.24) is 19.6 Å². The molecular formula is C19H28N4O. The van der Waals surface area contributed by atoms with Crippen LogP contribution in [0.2, 0.25) is 0 Å².